The standard InChI is InChI=1S/C23H26ClFN2O2/c24-20-14-18(25)8-4-16(20)3-1-2-12-26-19-9-5-15(6-10-19)17-7-11-21-22(13-17)29-23(28)27-21/h4,7-8,11,13-15,19,26H,1-3,5-6,9-10,12H2,(H,27,28). The lowest BCUT2D eigenvalue weighted by Crippen LogP contribution is -2.33. The monoisotopic (exact) mass is 416 g/mol. The van der Waals surface area contributed by atoms with Gasteiger partial charge in [-0.3, -0.25) is 4.98 Å². The van der Waals surface area contributed by atoms with Gasteiger partial charge < -0.3 is 9.73 Å². The zero-order valence-electron chi connectivity index (χ0n) is 16.3. The number of unbranched alkanes of at least 4 members (excludes halogenated alkanes) is 1. The van der Waals surface area contributed by atoms with Crippen LogP contribution in [-0.2, 0) is 6.42 Å². The summed E-state index contributed by atoms with van der Waals surface area (Å²) in [5, 5.41) is 4.20. The van der Waals surface area contributed by atoms with Crippen molar-refractivity contribution < 1.29 is 8.81 Å². The summed E-state index contributed by atoms with van der Waals surface area (Å²) in [5.41, 5.74) is 3.68. The summed E-state index contributed by atoms with van der Waals surface area (Å²) < 4.78 is 18.3. The fraction of sp³-hybridized carbons (Fsp3) is 0.435. The minimum atomic E-state index is -0.397. The van der Waals surface area contributed by atoms with Crippen molar-refractivity contribution in [1.29, 1.82) is 0 Å². The number of aromatic nitrogens is 1. The van der Waals surface area contributed by atoms with E-state index < -0.39 is 5.76 Å². The number of aromatic amines is 1. The van der Waals surface area contributed by atoms with E-state index in [-0.39, 0.29) is 5.82 Å². The molecular weight excluding hydrogens is 391 g/mol. The molecule has 1 aromatic heterocycles. The Balaban J connectivity index is 1.18. The van der Waals surface area contributed by atoms with Crippen molar-refractivity contribution in [3.63, 3.8) is 0 Å². The molecule has 1 saturated carbocycles. The number of nitrogens with one attached hydrogen (secondary N) is 2. The molecule has 29 heavy (non-hydrogen) atoms. The van der Waals surface area contributed by atoms with Crippen molar-refractivity contribution in [2.75, 3.05) is 6.54 Å². The summed E-state index contributed by atoms with van der Waals surface area (Å²) in [6.45, 7) is 0.995. The highest BCUT2D eigenvalue weighted by Gasteiger charge is 2.22. The quantitative estimate of drug-likeness (QED) is 0.496. The molecule has 0 amide bonds. The maximum atomic E-state index is 13.1. The number of hydrogen-bond donors (Lipinski definition) is 2. The van der Waals surface area contributed by atoms with Gasteiger partial charge in [0.05, 0.1) is 5.52 Å². The molecule has 0 saturated heterocycles. The van der Waals surface area contributed by atoms with Crippen molar-refractivity contribution in [2.45, 2.75) is 56.9 Å². The van der Waals surface area contributed by atoms with E-state index in [0.717, 1.165) is 62.6 Å². The van der Waals surface area contributed by atoms with Crippen LogP contribution in [0.5, 0.6) is 0 Å². The molecule has 6 heteroatoms. The third-order valence-corrected chi connectivity index (χ3v) is 6.32. The Bertz CT molecular complexity index is 1020. The third kappa shape index (κ3) is 5.09. The molecule has 154 valence electrons. The van der Waals surface area contributed by atoms with Crippen molar-refractivity contribution in [3.8, 4) is 0 Å². The van der Waals surface area contributed by atoms with Crippen molar-refractivity contribution >= 4 is 22.7 Å². The Labute approximate surface area is 174 Å². The number of halogens is 2. The molecule has 0 radical (unpaired) electrons. The lowest BCUT2D eigenvalue weighted by Gasteiger charge is -2.29. The van der Waals surface area contributed by atoms with Crippen LogP contribution in [-0.4, -0.2) is 17.6 Å². The average molecular weight is 417 g/mol. The molecule has 0 atom stereocenters. The smallest absolute Gasteiger partial charge is 0.408 e. The maximum absolute atomic E-state index is 13.1. The predicted octanol–water partition coefficient (Wildman–Crippen LogP) is 5.55. The molecule has 4 nitrogen and oxygen atoms in total. The molecule has 0 bridgehead atoms. The number of benzene rings is 2. The summed E-state index contributed by atoms with van der Waals surface area (Å²) in [6.07, 6.45) is 7.59. The number of hydrogen-bond acceptors (Lipinski definition) is 3. The van der Waals surface area contributed by atoms with Crippen LogP contribution in [0.4, 0.5) is 4.39 Å². The lowest BCUT2D eigenvalue weighted by molar-refractivity contribution is 0.341. The fourth-order valence-corrected chi connectivity index (χ4v) is 4.58. The number of aryl methyl sites for hydroxylation is 1. The van der Waals surface area contributed by atoms with Crippen LogP contribution < -0.4 is 11.1 Å². The minimum Gasteiger partial charge on any atom is -0.408 e. The second-order valence-electron chi connectivity index (χ2n) is 7.97. The van der Waals surface area contributed by atoms with Crippen molar-refractivity contribution in [2.24, 2.45) is 0 Å². The summed E-state index contributed by atoms with van der Waals surface area (Å²) in [5.74, 6) is -0.154. The van der Waals surface area contributed by atoms with E-state index in [2.05, 4.69) is 16.4 Å². The van der Waals surface area contributed by atoms with Gasteiger partial charge in [0.2, 0.25) is 0 Å². The molecule has 2 aromatic carbocycles. The van der Waals surface area contributed by atoms with Crippen LogP contribution in [0.2, 0.25) is 5.02 Å². The van der Waals surface area contributed by atoms with E-state index in [1.54, 1.807) is 6.07 Å². The van der Waals surface area contributed by atoms with Gasteiger partial charge in [-0.25, -0.2) is 9.18 Å². The first-order valence-electron chi connectivity index (χ1n) is 10.4. The maximum Gasteiger partial charge on any atom is 0.417 e. The van der Waals surface area contributed by atoms with Crippen LogP contribution in [0, 0.1) is 5.82 Å². The van der Waals surface area contributed by atoms with Gasteiger partial charge in [-0.2, -0.15) is 0 Å². The minimum absolute atomic E-state index is 0.284. The van der Waals surface area contributed by atoms with Crippen LogP contribution in [0.25, 0.3) is 11.1 Å². The van der Waals surface area contributed by atoms with Crippen LogP contribution >= 0.6 is 11.6 Å². The van der Waals surface area contributed by atoms with Crippen LogP contribution in [0.15, 0.2) is 45.6 Å². The number of rotatable bonds is 7. The zero-order valence-corrected chi connectivity index (χ0v) is 17.1. The highest BCUT2D eigenvalue weighted by atomic mass is 35.5. The molecule has 1 aliphatic rings. The molecule has 3 aromatic rings. The predicted molar refractivity (Wildman–Crippen MR) is 114 cm³/mol. The summed E-state index contributed by atoms with van der Waals surface area (Å²) >= 11 is 6.08. The highest BCUT2D eigenvalue weighted by Crippen LogP contribution is 2.34. The van der Waals surface area contributed by atoms with Crippen molar-refractivity contribution in [3.05, 3.63) is 68.9 Å². The van der Waals surface area contributed by atoms with Crippen molar-refractivity contribution in [1.82, 2.24) is 10.3 Å². The van der Waals surface area contributed by atoms with E-state index in [9.17, 15) is 9.18 Å². The van der Waals surface area contributed by atoms with E-state index in [1.807, 2.05) is 12.1 Å². The van der Waals surface area contributed by atoms with Gasteiger partial charge in [-0.05, 0) is 92.8 Å². The molecule has 0 aliphatic heterocycles. The molecule has 1 heterocycles. The Hall–Kier alpha value is -2.11. The van der Waals surface area contributed by atoms with Gasteiger partial charge in [0, 0.05) is 11.1 Å². The number of fused-ring (bicyclic) bond motifs is 1. The molecule has 0 spiro atoms. The van der Waals surface area contributed by atoms with E-state index in [1.165, 1.54) is 17.7 Å². The Morgan fingerprint density at radius 3 is 2.72 bits per heavy atom. The summed E-state index contributed by atoms with van der Waals surface area (Å²) in [4.78, 5) is 14.0. The molecule has 1 aliphatic carbocycles. The molecule has 2 N–H and O–H groups in total. The third-order valence-electron chi connectivity index (χ3n) is 5.96. The van der Waals surface area contributed by atoms with Gasteiger partial charge in [-0.15, -0.1) is 0 Å². The van der Waals surface area contributed by atoms with Crippen LogP contribution in [0.3, 0.4) is 0 Å². The summed E-state index contributed by atoms with van der Waals surface area (Å²) in [6, 6.07) is 11.2. The molecule has 4 rings (SSSR count). The highest BCUT2D eigenvalue weighted by molar-refractivity contribution is 6.31. The Morgan fingerprint density at radius 1 is 1.10 bits per heavy atom. The first-order valence-corrected chi connectivity index (χ1v) is 10.8. The fourth-order valence-electron chi connectivity index (χ4n) is 4.32. The zero-order chi connectivity index (χ0) is 20.2. The largest absolute Gasteiger partial charge is 0.417 e. The number of H-pyrrole nitrogens is 1. The second kappa shape index (κ2) is 9.14. The summed E-state index contributed by atoms with van der Waals surface area (Å²) in [7, 11) is 0. The second-order valence-corrected chi connectivity index (χ2v) is 8.37. The SMILES string of the molecule is O=c1[nH]c2ccc(C3CCC(NCCCCc4ccc(F)cc4Cl)CC3)cc2o1. The first kappa shape index (κ1) is 20.2. The normalized spacial score (nSPS) is 19.7. The Kier molecular flexibility index (Phi) is 6.36. The van der Waals surface area contributed by atoms with Crippen LogP contribution in [0.1, 0.15) is 55.6 Å². The Morgan fingerprint density at radius 2 is 1.93 bits per heavy atom. The lowest BCUT2D eigenvalue weighted by atomic mass is 9.81. The first-order chi connectivity index (χ1) is 14.1. The van der Waals surface area contributed by atoms with Gasteiger partial charge in [0.15, 0.2) is 5.58 Å². The van der Waals surface area contributed by atoms with Gasteiger partial charge in [-0.1, -0.05) is 23.7 Å². The van der Waals surface area contributed by atoms with E-state index in [0.29, 0.717) is 22.6 Å². The average Bonchev–Trinajstić information content (AvgIpc) is 3.09. The van der Waals surface area contributed by atoms with Gasteiger partial charge in [0.1, 0.15) is 5.82 Å². The molecule has 1 fully saturated rings. The number of oxazole rings is 1. The van der Waals surface area contributed by atoms with E-state index in [4.69, 9.17) is 16.0 Å². The van der Waals surface area contributed by atoms with E-state index >= 15 is 0 Å². The molecular formula is C23H26ClFN2O2. The molecule has 0 unspecified atom stereocenters. The topological polar surface area (TPSA) is 58.0 Å². The van der Waals surface area contributed by atoms with Gasteiger partial charge >= 0.3 is 5.76 Å². The van der Waals surface area contributed by atoms with Gasteiger partial charge in [0.25, 0.3) is 0 Å².